The standard InChI is InChI=1S/C19H27N3O2/c1-21(17-7-8-17)12-10-20-19(24)16-13-18(23)22(14-16)11-9-15-5-3-2-4-6-15/h2-6,16-17H,7-14H2,1H3,(H,20,24)/t16-/m0/s1. The minimum atomic E-state index is -0.195. The van der Waals surface area contributed by atoms with Gasteiger partial charge in [0.05, 0.1) is 5.92 Å². The summed E-state index contributed by atoms with van der Waals surface area (Å²) in [5.41, 5.74) is 1.22. The van der Waals surface area contributed by atoms with Crippen LogP contribution in [-0.4, -0.2) is 60.9 Å². The maximum Gasteiger partial charge on any atom is 0.225 e. The van der Waals surface area contributed by atoms with E-state index in [1.54, 1.807) is 0 Å². The quantitative estimate of drug-likeness (QED) is 0.782. The molecule has 0 unspecified atom stereocenters. The van der Waals surface area contributed by atoms with Crippen LogP contribution in [0.1, 0.15) is 24.8 Å². The Kier molecular flexibility index (Phi) is 5.51. The lowest BCUT2D eigenvalue weighted by Crippen LogP contribution is -2.38. The molecule has 0 aromatic heterocycles. The zero-order chi connectivity index (χ0) is 16.9. The summed E-state index contributed by atoms with van der Waals surface area (Å²) in [6.45, 7) is 2.79. The fourth-order valence-electron chi connectivity index (χ4n) is 3.27. The van der Waals surface area contributed by atoms with E-state index in [1.165, 1.54) is 18.4 Å². The Labute approximate surface area is 144 Å². The van der Waals surface area contributed by atoms with Crippen LogP contribution in [0.3, 0.4) is 0 Å². The molecule has 0 radical (unpaired) electrons. The first-order chi connectivity index (χ1) is 11.6. The highest BCUT2D eigenvalue weighted by atomic mass is 16.2. The molecule has 1 saturated heterocycles. The molecule has 1 heterocycles. The Balaban J connectivity index is 1.39. The lowest BCUT2D eigenvalue weighted by atomic mass is 10.1. The van der Waals surface area contributed by atoms with Gasteiger partial charge in [0.15, 0.2) is 0 Å². The fourth-order valence-corrected chi connectivity index (χ4v) is 3.27. The highest BCUT2D eigenvalue weighted by Crippen LogP contribution is 2.24. The summed E-state index contributed by atoms with van der Waals surface area (Å²) in [4.78, 5) is 28.5. The van der Waals surface area contributed by atoms with E-state index in [4.69, 9.17) is 0 Å². The van der Waals surface area contributed by atoms with Gasteiger partial charge in [-0.2, -0.15) is 0 Å². The van der Waals surface area contributed by atoms with Crippen molar-refractivity contribution in [1.82, 2.24) is 15.1 Å². The van der Waals surface area contributed by atoms with Gasteiger partial charge in [0.1, 0.15) is 0 Å². The van der Waals surface area contributed by atoms with Gasteiger partial charge in [0.25, 0.3) is 0 Å². The summed E-state index contributed by atoms with van der Waals surface area (Å²) in [6.07, 6.45) is 3.74. The first-order valence-electron chi connectivity index (χ1n) is 8.93. The van der Waals surface area contributed by atoms with Crippen LogP contribution in [0.15, 0.2) is 30.3 Å². The van der Waals surface area contributed by atoms with E-state index in [-0.39, 0.29) is 17.7 Å². The fraction of sp³-hybridized carbons (Fsp3) is 0.579. The lowest BCUT2D eigenvalue weighted by molar-refractivity contribution is -0.129. The average molecular weight is 329 g/mol. The zero-order valence-electron chi connectivity index (χ0n) is 14.4. The number of rotatable bonds is 8. The smallest absolute Gasteiger partial charge is 0.225 e. The van der Waals surface area contributed by atoms with Crippen LogP contribution in [0.2, 0.25) is 0 Å². The number of amides is 2. The summed E-state index contributed by atoms with van der Waals surface area (Å²) >= 11 is 0. The van der Waals surface area contributed by atoms with Crippen molar-refractivity contribution in [1.29, 1.82) is 0 Å². The van der Waals surface area contributed by atoms with Crippen molar-refractivity contribution in [2.45, 2.75) is 31.7 Å². The Morgan fingerprint density at radius 2 is 2.04 bits per heavy atom. The van der Waals surface area contributed by atoms with Crippen LogP contribution in [0, 0.1) is 5.92 Å². The first-order valence-corrected chi connectivity index (χ1v) is 8.93. The van der Waals surface area contributed by atoms with Crippen LogP contribution in [0.5, 0.6) is 0 Å². The van der Waals surface area contributed by atoms with Crippen LogP contribution >= 0.6 is 0 Å². The summed E-state index contributed by atoms with van der Waals surface area (Å²) in [7, 11) is 2.11. The second-order valence-electron chi connectivity index (χ2n) is 6.98. The highest BCUT2D eigenvalue weighted by Gasteiger charge is 2.34. The van der Waals surface area contributed by atoms with E-state index in [0.717, 1.165) is 13.0 Å². The number of likely N-dealkylation sites (N-methyl/N-ethyl adjacent to an activating group) is 1. The molecule has 3 rings (SSSR count). The molecule has 5 heteroatoms. The Morgan fingerprint density at radius 1 is 1.29 bits per heavy atom. The van der Waals surface area contributed by atoms with E-state index in [9.17, 15) is 9.59 Å². The van der Waals surface area contributed by atoms with E-state index >= 15 is 0 Å². The predicted molar refractivity (Wildman–Crippen MR) is 93.5 cm³/mol. The van der Waals surface area contributed by atoms with Crippen molar-refractivity contribution in [3.05, 3.63) is 35.9 Å². The van der Waals surface area contributed by atoms with E-state index < -0.39 is 0 Å². The van der Waals surface area contributed by atoms with Gasteiger partial charge in [-0.15, -0.1) is 0 Å². The highest BCUT2D eigenvalue weighted by molar-refractivity contribution is 5.89. The van der Waals surface area contributed by atoms with E-state index in [2.05, 4.69) is 29.4 Å². The van der Waals surface area contributed by atoms with Gasteiger partial charge in [-0.3, -0.25) is 9.59 Å². The molecule has 0 bridgehead atoms. The zero-order valence-corrected chi connectivity index (χ0v) is 14.4. The summed E-state index contributed by atoms with van der Waals surface area (Å²) in [6, 6.07) is 10.9. The number of hydrogen-bond donors (Lipinski definition) is 1. The van der Waals surface area contributed by atoms with Crippen LogP contribution in [0.4, 0.5) is 0 Å². The number of nitrogens with zero attached hydrogens (tertiary/aromatic N) is 2. The molecule has 5 nitrogen and oxygen atoms in total. The summed E-state index contributed by atoms with van der Waals surface area (Å²) in [5.74, 6) is -0.0737. The second-order valence-corrected chi connectivity index (χ2v) is 6.98. The van der Waals surface area contributed by atoms with Crippen molar-refractivity contribution in [3.63, 3.8) is 0 Å². The minimum absolute atomic E-state index is 0.0229. The van der Waals surface area contributed by atoms with Crippen molar-refractivity contribution in [2.24, 2.45) is 5.92 Å². The molecule has 2 aliphatic rings. The van der Waals surface area contributed by atoms with E-state index in [0.29, 0.717) is 32.1 Å². The number of carbonyl (C=O) groups is 2. The SMILES string of the molecule is CN(CCNC(=O)[C@H]1CC(=O)N(CCc2ccccc2)C1)C1CC1. The number of likely N-dealkylation sites (tertiary alicyclic amines) is 1. The molecule has 1 aliphatic carbocycles. The van der Waals surface area contributed by atoms with Crippen molar-refractivity contribution >= 4 is 11.8 Å². The third kappa shape index (κ3) is 4.57. The molecule has 1 N–H and O–H groups in total. The molecule has 1 atom stereocenters. The molecular formula is C19H27N3O2. The van der Waals surface area contributed by atoms with Crippen molar-refractivity contribution < 1.29 is 9.59 Å². The number of benzene rings is 1. The number of carbonyl (C=O) groups excluding carboxylic acids is 2. The van der Waals surface area contributed by atoms with Gasteiger partial charge in [-0.05, 0) is 31.9 Å². The normalized spacial score (nSPS) is 20.7. The third-order valence-corrected chi connectivity index (χ3v) is 5.03. The van der Waals surface area contributed by atoms with Gasteiger partial charge >= 0.3 is 0 Å². The summed E-state index contributed by atoms with van der Waals surface area (Å²) in [5, 5.41) is 2.99. The Morgan fingerprint density at radius 3 is 2.75 bits per heavy atom. The average Bonchev–Trinajstić information content (AvgIpc) is 3.37. The molecule has 130 valence electrons. The molecule has 2 fully saturated rings. The van der Waals surface area contributed by atoms with Gasteiger partial charge in [-0.1, -0.05) is 30.3 Å². The van der Waals surface area contributed by atoms with Crippen LogP contribution in [0.25, 0.3) is 0 Å². The monoisotopic (exact) mass is 329 g/mol. The molecule has 1 aromatic rings. The summed E-state index contributed by atoms with van der Waals surface area (Å²) < 4.78 is 0. The molecule has 0 spiro atoms. The van der Waals surface area contributed by atoms with Gasteiger partial charge in [-0.25, -0.2) is 0 Å². The van der Waals surface area contributed by atoms with Crippen LogP contribution < -0.4 is 5.32 Å². The second kappa shape index (κ2) is 7.79. The van der Waals surface area contributed by atoms with Gasteiger partial charge in [0.2, 0.25) is 11.8 Å². The Hall–Kier alpha value is -1.88. The molecular weight excluding hydrogens is 302 g/mol. The molecule has 1 saturated carbocycles. The van der Waals surface area contributed by atoms with Crippen molar-refractivity contribution in [2.75, 3.05) is 33.2 Å². The largest absolute Gasteiger partial charge is 0.355 e. The van der Waals surface area contributed by atoms with Crippen molar-refractivity contribution in [3.8, 4) is 0 Å². The van der Waals surface area contributed by atoms with Gasteiger partial charge < -0.3 is 15.1 Å². The lowest BCUT2D eigenvalue weighted by Gasteiger charge is -2.18. The van der Waals surface area contributed by atoms with E-state index in [1.807, 2.05) is 23.1 Å². The predicted octanol–water partition coefficient (Wildman–Crippen LogP) is 1.29. The molecule has 24 heavy (non-hydrogen) atoms. The number of hydrogen-bond acceptors (Lipinski definition) is 3. The van der Waals surface area contributed by atoms with Crippen LogP contribution in [-0.2, 0) is 16.0 Å². The maximum absolute atomic E-state index is 12.3. The number of nitrogens with one attached hydrogen (secondary N) is 1. The first kappa shape index (κ1) is 17.0. The topological polar surface area (TPSA) is 52.7 Å². The molecule has 2 amide bonds. The molecule has 1 aliphatic heterocycles. The minimum Gasteiger partial charge on any atom is -0.355 e. The maximum atomic E-state index is 12.3. The molecule has 1 aromatic carbocycles. The Bertz CT molecular complexity index is 571. The van der Waals surface area contributed by atoms with Gasteiger partial charge in [0, 0.05) is 38.6 Å². The third-order valence-electron chi connectivity index (χ3n) is 5.03.